The fourth-order valence-corrected chi connectivity index (χ4v) is 1.98. The summed E-state index contributed by atoms with van der Waals surface area (Å²) in [6.45, 7) is 0. The van der Waals surface area contributed by atoms with E-state index in [2.05, 4.69) is 0 Å². The van der Waals surface area contributed by atoms with Gasteiger partial charge in [0.15, 0.2) is 0 Å². The van der Waals surface area contributed by atoms with Gasteiger partial charge in [-0.05, 0) is 36.5 Å². The highest BCUT2D eigenvalue weighted by Crippen LogP contribution is 2.38. The number of aliphatic hydroxyl groups is 1. The maximum Gasteiger partial charge on any atom is 0.124 e. The number of benzene rings is 1. The Morgan fingerprint density at radius 2 is 2.13 bits per heavy atom. The van der Waals surface area contributed by atoms with Crippen molar-refractivity contribution in [3.63, 3.8) is 0 Å². The molecular weight excluding hydrogens is 217 g/mol. The smallest absolute Gasteiger partial charge is 0.124 e. The number of rotatable bonds is 3. The second-order valence-corrected chi connectivity index (χ2v) is 4.43. The molecule has 15 heavy (non-hydrogen) atoms. The van der Waals surface area contributed by atoms with Crippen LogP contribution >= 0.6 is 11.6 Å². The van der Waals surface area contributed by atoms with Crippen molar-refractivity contribution in [2.45, 2.75) is 25.0 Å². The minimum Gasteiger partial charge on any atom is -0.391 e. The number of hydrogen-bond donors (Lipinski definition) is 2. The van der Waals surface area contributed by atoms with Crippen LogP contribution in [0.1, 0.15) is 24.4 Å². The van der Waals surface area contributed by atoms with Crippen LogP contribution in [0, 0.1) is 11.7 Å². The van der Waals surface area contributed by atoms with Gasteiger partial charge in [-0.3, -0.25) is 0 Å². The van der Waals surface area contributed by atoms with E-state index in [-0.39, 0.29) is 10.9 Å². The molecule has 0 bridgehead atoms. The Morgan fingerprint density at radius 3 is 2.67 bits per heavy atom. The molecule has 1 saturated carbocycles. The van der Waals surface area contributed by atoms with Crippen LogP contribution in [0.2, 0.25) is 5.02 Å². The van der Waals surface area contributed by atoms with Crippen LogP contribution in [0.4, 0.5) is 4.39 Å². The van der Waals surface area contributed by atoms with Crippen molar-refractivity contribution in [1.82, 2.24) is 0 Å². The van der Waals surface area contributed by atoms with E-state index in [1.807, 2.05) is 0 Å². The van der Waals surface area contributed by atoms with Crippen molar-refractivity contribution in [3.8, 4) is 0 Å². The lowest BCUT2D eigenvalue weighted by atomic mass is 9.99. The molecule has 1 aromatic rings. The summed E-state index contributed by atoms with van der Waals surface area (Å²) < 4.78 is 12.8. The summed E-state index contributed by atoms with van der Waals surface area (Å²) in [6.07, 6.45) is 1.44. The van der Waals surface area contributed by atoms with Crippen LogP contribution in [0.3, 0.4) is 0 Å². The maximum atomic E-state index is 12.8. The van der Waals surface area contributed by atoms with E-state index >= 15 is 0 Å². The fourth-order valence-electron chi connectivity index (χ4n) is 1.69. The topological polar surface area (TPSA) is 46.2 Å². The van der Waals surface area contributed by atoms with Gasteiger partial charge in [0.25, 0.3) is 0 Å². The average Bonchev–Trinajstić information content (AvgIpc) is 2.99. The molecule has 0 aliphatic heterocycles. The Kier molecular flexibility index (Phi) is 2.96. The molecule has 2 rings (SSSR count). The third-order valence-electron chi connectivity index (χ3n) is 2.79. The molecule has 4 heteroatoms. The lowest BCUT2D eigenvalue weighted by molar-refractivity contribution is 0.122. The minimum atomic E-state index is -0.576. The molecule has 0 radical (unpaired) electrons. The van der Waals surface area contributed by atoms with E-state index in [1.165, 1.54) is 18.2 Å². The van der Waals surface area contributed by atoms with Crippen LogP contribution in [0.5, 0.6) is 0 Å². The van der Waals surface area contributed by atoms with Crippen molar-refractivity contribution in [3.05, 3.63) is 34.6 Å². The predicted molar refractivity (Wildman–Crippen MR) is 57.1 cm³/mol. The third kappa shape index (κ3) is 2.30. The maximum absolute atomic E-state index is 12.8. The van der Waals surface area contributed by atoms with Crippen LogP contribution in [0.15, 0.2) is 18.2 Å². The van der Waals surface area contributed by atoms with Crippen molar-refractivity contribution in [2.24, 2.45) is 11.7 Å². The van der Waals surface area contributed by atoms with Crippen LogP contribution in [-0.2, 0) is 0 Å². The molecule has 1 aromatic carbocycles. The molecule has 0 unspecified atom stereocenters. The third-order valence-corrected chi connectivity index (χ3v) is 3.12. The zero-order valence-corrected chi connectivity index (χ0v) is 8.91. The first-order chi connectivity index (χ1) is 7.09. The summed E-state index contributed by atoms with van der Waals surface area (Å²) in [5, 5.41) is 10.1. The van der Waals surface area contributed by atoms with E-state index in [0.29, 0.717) is 5.56 Å². The van der Waals surface area contributed by atoms with Gasteiger partial charge in [0.2, 0.25) is 0 Å². The number of hydrogen-bond acceptors (Lipinski definition) is 2. The number of nitrogens with two attached hydrogens (primary N) is 1. The highest BCUT2D eigenvalue weighted by atomic mass is 35.5. The highest BCUT2D eigenvalue weighted by Gasteiger charge is 2.34. The molecule has 0 saturated heterocycles. The van der Waals surface area contributed by atoms with Crippen LogP contribution in [0.25, 0.3) is 0 Å². The Balaban J connectivity index is 2.20. The van der Waals surface area contributed by atoms with Crippen molar-refractivity contribution >= 4 is 11.6 Å². The van der Waals surface area contributed by atoms with E-state index in [9.17, 15) is 9.50 Å². The second kappa shape index (κ2) is 4.08. The Labute approximate surface area is 92.9 Å². The molecule has 1 aliphatic carbocycles. The van der Waals surface area contributed by atoms with Gasteiger partial charge >= 0.3 is 0 Å². The van der Waals surface area contributed by atoms with Gasteiger partial charge in [-0.1, -0.05) is 17.7 Å². The Hall–Kier alpha value is -0.640. The lowest BCUT2D eigenvalue weighted by Crippen LogP contribution is -2.28. The van der Waals surface area contributed by atoms with E-state index in [0.717, 1.165) is 12.8 Å². The molecule has 0 spiro atoms. The molecular formula is C11H13ClFNO. The molecule has 1 fully saturated rings. The van der Waals surface area contributed by atoms with Crippen molar-refractivity contribution in [2.75, 3.05) is 0 Å². The summed E-state index contributed by atoms with van der Waals surface area (Å²) in [7, 11) is 0. The van der Waals surface area contributed by atoms with Crippen LogP contribution < -0.4 is 5.73 Å². The zero-order valence-electron chi connectivity index (χ0n) is 8.16. The van der Waals surface area contributed by atoms with Gasteiger partial charge in [-0.25, -0.2) is 4.39 Å². The first-order valence-electron chi connectivity index (χ1n) is 4.98. The number of halogens is 2. The van der Waals surface area contributed by atoms with Crippen molar-refractivity contribution < 1.29 is 9.50 Å². The first-order valence-corrected chi connectivity index (χ1v) is 5.36. The molecule has 0 aromatic heterocycles. The summed E-state index contributed by atoms with van der Waals surface area (Å²) >= 11 is 5.86. The summed E-state index contributed by atoms with van der Waals surface area (Å²) in [5.74, 6) is -0.113. The normalized spacial score (nSPS) is 20.0. The Morgan fingerprint density at radius 1 is 1.47 bits per heavy atom. The summed E-state index contributed by atoms with van der Waals surface area (Å²) in [4.78, 5) is 0. The van der Waals surface area contributed by atoms with Gasteiger partial charge in [0.05, 0.1) is 12.1 Å². The molecule has 2 nitrogen and oxygen atoms in total. The second-order valence-electron chi connectivity index (χ2n) is 4.02. The summed E-state index contributed by atoms with van der Waals surface area (Å²) in [6, 6.07) is 3.54. The lowest BCUT2D eigenvalue weighted by Gasteiger charge is -2.19. The Bertz CT molecular complexity index is 368. The monoisotopic (exact) mass is 229 g/mol. The van der Waals surface area contributed by atoms with E-state index in [1.54, 1.807) is 0 Å². The fraction of sp³-hybridized carbons (Fsp3) is 0.455. The van der Waals surface area contributed by atoms with Gasteiger partial charge in [0, 0.05) is 5.02 Å². The first kappa shape index (κ1) is 10.9. The standard InChI is InChI=1S/C11H13ClFNO/c12-9-5-7(13)3-4-8(9)10(14)11(15)6-1-2-6/h3-6,10-11,15H,1-2,14H2/t10-,11+/m0/s1. The van der Waals surface area contributed by atoms with Gasteiger partial charge in [-0.15, -0.1) is 0 Å². The van der Waals surface area contributed by atoms with Gasteiger partial charge in [-0.2, -0.15) is 0 Å². The quantitative estimate of drug-likeness (QED) is 0.835. The highest BCUT2D eigenvalue weighted by molar-refractivity contribution is 6.31. The van der Waals surface area contributed by atoms with Crippen LogP contribution in [-0.4, -0.2) is 11.2 Å². The predicted octanol–water partition coefficient (Wildman–Crippen LogP) is 2.25. The molecule has 82 valence electrons. The minimum absolute atomic E-state index is 0.279. The molecule has 0 heterocycles. The average molecular weight is 230 g/mol. The summed E-state index contributed by atoms with van der Waals surface area (Å²) in [5.41, 5.74) is 6.48. The van der Waals surface area contributed by atoms with Gasteiger partial charge in [0.1, 0.15) is 5.82 Å². The van der Waals surface area contributed by atoms with Crippen molar-refractivity contribution in [1.29, 1.82) is 0 Å². The van der Waals surface area contributed by atoms with E-state index < -0.39 is 18.0 Å². The van der Waals surface area contributed by atoms with Gasteiger partial charge < -0.3 is 10.8 Å². The molecule has 3 N–H and O–H groups in total. The molecule has 1 aliphatic rings. The molecule has 2 atom stereocenters. The SMILES string of the molecule is N[C@@H](c1ccc(F)cc1Cl)[C@H](O)C1CC1. The van der Waals surface area contributed by atoms with E-state index in [4.69, 9.17) is 17.3 Å². The largest absolute Gasteiger partial charge is 0.391 e. The molecule has 0 amide bonds. The number of aliphatic hydroxyl groups excluding tert-OH is 1. The zero-order chi connectivity index (χ0) is 11.0.